The first kappa shape index (κ1) is 15.4. The number of rotatable bonds is 6. The Kier molecular flexibility index (Phi) is 4.85. The maximum Gasteiger partial charge on any atom is 0.158 e. The monoisotopic (exact) mass is 305 g/mol. The van der Waals surface area contributed by atoms with Gasteiger partial charge >= 0.3 is 0 Å². The lowest BCUT2D eigenvalue weighted by Crippen LogP contribution is -2.09. The van der Waals surface area contributed by atoms with Crippen molar-refractivity contribution in [2.75, 3.05) is 12.3 Å². The van der Waals surface area contributed by atoms with Gasteiger partial charge in [0.1, 0.15) is 5.75 Å². The van der Waals surface area contributed by atoms with Crippen molar-refractivity contribution in [1.29, 1.82) is 0 Å². The molecule has 2 rings (SSSR count). The number of nitrogens with two attached hydrogens (primary N) is 1. The Balaban J connectivity index is 2.22. The first-order chi connectivity index (χ1) is 10.00. The molecule has 0 aliphatic rings. The van der Waals surface area contributed by atoms with Crippen molar-refractivity contribution >= 4 is 15.5 Å². The van der Waals surface area contributed by atoms with Gasteiger partial charge in [0.15, 0.2) is 9.84 Å². The second kappa shape index (κ2) is 6.63. The largest absolute Gasteiger partial charge is 0.494 e. The Morgan fingerprint density at radius 2 is 1.76 bits per heavy atom. The number of ether oxygens (including phenoxy) is 1. The van der Waals surface area contributed by atoms with Gasteiger partial charge in [0.2, 0.25) is 0 Å². The summed E-state index contributed by atoms with van der Waals surface area (Å²) < 4.78 is 30.1. The topological polar surface area (TPSA) is 69.4 Å². The zero-order valence-corrected chi connectivity index (χ0v) is 12.8. The van der Waals surface area contributed by atoms with E-state index in [0.29, 0.717) is 23.6 Å². The molecule has 0 aliphatic heterocycles. The van der Waals surface area contributed by atoms with E-state index in [2.05, 4.69) is 0 Å². The summed E-state index contributed by atoms with van der Waals surface area (Å²) in [6.07, 6.45) is 0. The summed E-state index contributed by atoms with van der Waals surface area (Å²) in [6.45, 7) is 2.34. The third kappa shape index (κ3) is 4.49. The highest BCUT2D eigenvalue weighted by Crippen LogP contribution is 2.25. The van der Waals surface area contributed by atoms with Crippen LogP contribution in [0.15, 0.2) is 48.5 Å². The van der Waals surface area contributed by atoms with Crippen LogP contribution in [0.3, 0.4) is 0 Å². The fourth-order valence-corrected chi connectivity index (χ4v) is 3.63. The summed E-state index contributed by atoms with van der Waals surface area (Å²) in [5, 5.41) is 0. The predicted octanol–water partition coefficient (Wildman–Crippen LogP) is 2.78. The van der Waals surface area contributed by atoms with Gasteiger partial charge in [-0.05, 0) is 30.7 Å². The molecule has 0 aromatic heterocycles. The van der Waals surface area contributed by atoms with Crippen molar-refractivity contribution in [1.82, 2.24) is 0 Å². The van der Waals surface area contributed by atoms with Crippen LogP contribution in [0.25, 0.3) is 0 Å². The van der Waals surface area contributed by atoms with Crippen molar-refractivity contribution in [2.45, 2.75) is 18.4 Å². The van der Waals surface area contributed by atoms with Crippen LogP contribution >= 0.6 is 0 Å². The lowest BCUT2D eigenvalue weighted by molar-refractivity contribution is 0.337. The molecule has 0 saturated heterocycles. The molecular weight excluding hydrogens is 286 g/mol. The molecule has 0 bridgehead atoms. The lowest BCUT2D eigenvalue weighted by Gasteiger charge is -2.11. The Hall–Kier alpha value is -2.01. The first-order valence-electron chi connectivity index (χ1n) is 6.76. The highest BCUT2D eigenvalue weighted by Gasteiger charge is 2.16. The molecule has 112 valence electrons. The molecule has 0 amide bonds. The van der Waals surface area contributed by atoms with Crippen molar-refractivity contribution in [2.24, 2.45) is 0 Å². The molecule has 0 heterocycles. The maximum atomic E-state index is 12.3. The Morgan fingerprint density at radius 3 is 2.43 bits per heavy atom. The molecule has 0 atom stereocenters. The van der Waals surface area contributed by atoms with Crippen LogP contribution in [-0.2, 0) is 21.3 Å². The Morgan fingerprint density at radius 1 is 1.05 bits per heavy atom. The molecule has 0 aliphatic carbocycles. The van der Waals surface area contributed by atoms with E-state index in [1.165, 1.54) is 0 Å². The van der Waals surface area contributed by atoms with Crippen LogP contribution < -0.4 is 10.5 Å². The fourth-order valence-electron chi connectivity index (χ4n) is 2.12. The Labute approximate surface area is 125 Å². The van der Waals surface area contributed by atoms with E-state index in [9.17, 15) is 8.42 Å². The minimum atomic E-state index is -3.28. The van der Waals surface area contributed by atoms with Gasteiger partial charge in [-0.2, -0.15) is 0 Å². The van der Waals surface area contributed by atoms with Gasteiger partial charge in [0, 0.05) is 11.3 Å². The fraction of sp³-hybridized carbons (Fsp3) is 0.250. The summed E-state index contributed by atoms with van der Waals surface area (Å²) in [5.74, 6) is 0.500. The van der Waals surface area contributed by atoms with Gasteiger partial charge in [0.05, 0.1) is 18.1 Å². The van der Waals surface area contributed by atoms with Gasteiger partial charge < -0.3 is 10.5 Å². The van der Waals surface area contributed by atoms with Crippen LogP contribution in [0.5, 0.6) is 5.75 Å². The SMILES string of the molecule is CCOc1ccc(N)cc1CS(=O)(=O)Cc1ccccc1. The summed E-state index contributed by atoms with van der Waals surface area (Å²) in [5.41, 5.74) is 7.66. The summed E-state index contributed by atoms with van der Waals surface area (Å²) in [6, 6.07) is 14.2. The second-order valence-corrected chi connectivity index (χ2v) is 6.88. The van der Waals surface area contributed by atoms with E-state index < -0.39 is 9.84 Å². The van der Waals surface area contributed by atoms with E-state index in [1.807, 2.05) is 25.1 Å². The van der Waals surface area contributed by atoms with E-state index >= 15 is 0 Å². The van der Waals surface area contributed by atoms with Crippen LogP contribution in [0.1, 0.15) is 18.1 Å². The van der Waals surface area contributed by atoms with Crippen molar-refractivity contribution < 1.29 is 13.2 Å². The predicted molar refractivity (Wildman–Crippen MR) is 84.8 cm³/mol. The molecule has 0 fully saturated rings. The average molecular weight is 305 g/mol. The molecule has 0 saturated carbocycles. The molecule has 0 radical (unpaired) electrons. The minimum Gasteiger partial charge on any atom is -0.494 e. The molecular formula is C16H19NO3S. The van der Waals surface area contributed by atoms with Gasteiger partial charge in [-0.25, -0.2) is 8.42 Å². The average Bonchev–Trinajstić information content (AvgIpc) is 2.42. The summed E-state index contributed by atoms with van der Waals surface area (Å²) >= 11 is 0. The zero-order chi connectivity index (χ0) is 15.3. The second-order valence-electron chi connectivity index (χ2n) is 4.82. The van der Waals surface area contributed by atoms with Crippen LogP contribution in [0.2, 0.25) is 0 Å². The first-order valence-corrected chi connectivity index (χ1v) is 8.58. The standard InChI is InChI=1S/C16H19NO3S/c1-2-20-16-9-8-15(17)10-14(16)12-21(18,19)11-13-6-4-3-5-7-13/h3-10H,2,11-12,17H2,1H3. The highest BCUT2D eigenvalue weighted by molar-refractivity contribution is 7.89. The minimum absolute atomic E-state index is 0.00814. The van der Waals surface area contributed by atoms with Crippen LogP contribution in [0.4, 0.5) is 5.69 Å². The molecule has 5 heteroatoms. The van der Waals surface area contributed by atoms with E-state index in [1.54, 1.807) is 30.3 Å². The number of nitrogen functional groups attached to an aromatic ring is 1. The zero-order valence-electron chi connectivity index (χ0n) is 12.0. The number of benzene rings is 2. The van der Waals surface area contributed by atoms with E-state index in [4.69, 9.17) is 10.5 Å². The molecule has 2 aromatic carbocycles. The number of sulfone groups is 1. The maximum absolute atomic E-state index is 12.3. The Bertz CT molecular complexity index is 697. The quantitative estimate of drug-likeness (QED) is 0.833. The van der Waals surface area contributed by atoms with Crippen molar-refractivity contribution in [3.63, 3.8) is 0 Å². The molecule has 0 spiro atoms. The van der Waals surface area contributed by atoms with Gasteiger partial charge in [-0.3, -0.25) is 0 Å². The molecule has 2 N–H and O–H groups in total. The number of hydrogen-bond donors (Lipinski definition) is 1. The van der Waals surface area contributed by atoms with Crippen LogP contribution in [0, 0.1) is 0 Å². The van der Waals surface area contributed by atoms with Crippen LogP contribution in [-0.4, -0.2) is 15.0 Å². The number of hydrogen-bond acceptors (Lipinski definition) is 4. The van der Waals surface area contributed by atoms with Crippen molar-refractivity contribution in [3.05, 3.63) is 59.7 Å². The third-order valence-corrected chi connectivity index (χ3v) is 4.51. The highest BCUT2D eigenvalue weighted by atomic mass is 32.2. The molecule has 4 nitrogen and oxygen atoms in total. The smallest absolute Gasteiger partial charge is 0.158 e. The number of anilines is 1. The van der Waals surface area contributed by atoms with Gasteiger partial charge in [-0.1, -0.05) is 30.3 Å². The molecule has 21 heavy (non-hydrogen) atoms. The summed E-state index contributed by atoms with van der Waals surface area (Å²) in [4.78, 5) is 0. The molecule has 0 unspecified atom stereocenters. The van der Waals surface area contributed by atoms with Gasteiger partial charge in [0.25, 0.3) is 0 Å². The van der Waals surface area contributed by atoms with E-state index in [0.717, 1.165) is 5.56 Å². The normalized spacial score (nSPS) is 11.3. The lowest BCUT2D eigenvalue weighted by atomic mass is 10.2. The summed E-state index contributed by atoms with van der Waals surface area (Å²) in [7, 11) is -3.28. The molecule has 2 aromatic rings. The third-order valence-electron chi connectivity index (χ3n) is 2.99. The van der Waals surface area contributed by atoms with Gasteiger partial charge in [-0.15, -0.1) is 0 Å². The van der Waals surface area contributed by atoms with E-state index in [-0.39, 0.29) is 11.5 Å². The van der Waals surface area contributed by atoms with Crippen molar-refractivity contribution in [3.8, 4) is 5.75 Å².